The summed E-state index contributed by atoms with van der Waals surface area (Å²) < 4.78 is 18.7. The van der Waals surface area contributed by atoms with Crippen LogP contribution in [0, 0.1) is 11.7 Å². The molecule has 6 heteroatoms. The van der Waals surface area contributed by atoms with Gasteiger partial charge in [-0.1, -0.05) is 6.08 Å². The minimum atomic E-state index is -0.654. The van der Waals surface area contributed by atoms with Gasteiger partial charge in [0, 0.05) is 16.9 Å². The van der Waals surface area contributed by atoms with Crippen LogP contribution in [0.5, 0.6) is 0 Å². The van der Waals surface area contributed by atoms with Crippen LogP contribution in [0.25, 0.3) is 10.6 Å². The van der Waals surface area contributed by atoms with E-state index in [2.05, 4.69) is 16.4 Å². The molecule has 136 valence electrons. The van der Waals surface area contributed by atoms with E-state index in [0.29, 0.717) is 5.92 Å². The van der Waals surface area contributed by atoms with Crippen LogP contribution in [0.3, 0.4) is 0 Å². The molecule has 1 amide bonds. The Morgan fingerprint density at radius 3 is 2.77 bits per heavy atom. The summed E-state index contributed by atoms with van der Waals surface area (Å²) in [5.41, 5.74) is 2.21. The lowest BCUT2D eigenvalue weighted by molar-refractivity contribution is 0.0339. The Bertz CT molecular complexity index is 857. The molecule has 2 unspecified atom stereocenters. The topological polar surface area (TPSA) is 51.2 Å². The first-order valence-electron chi connectivity index (χ1n) is 8.82. The van der Waals surface area contributed by atoms with Gasteiger partial charge in [-0.3, -0.25) is 0 Å². The van der Waals surface area contributed by atoms with Gasteiger partial charge in [-0.2, -0.15) is 0 Å². The Kier molecular flexibility index (Phi) is 4.31. The first-order chi connectivity index (χ1) is 12.4. The van der Waals surface area contributed by atoms with Gasteiger partial charge in [-0.15, -0.1) is 11.3 Å². The van der Waals surface area contributed by atoms with Gasteiger partial charge in [0.15, 0.2) is 0 Å². The van der Waals surface area contributed by atoms with Crippen LogP contribution in [-0.2, 0) is 10.3 Å². The fraction of sp³-hybridized carbons (Fsp3) is 0.400. The average Bonchev–Trinajstić information content (AvgIpc) is 3.11. The molecule has 4 nitrogen and oxygen atoms in total. The number of benzene rings is 1. The van der Waals surface area contributed by atoms with Crippen molar-refractivity contribution in [2.45, 2.75) is 44.8 Å². The molecule has 1 saturated carbocycles. The first kappa shape index (κ1) is 17.2. The van der Waals surface area contributed by atoms with Crippen molar-refractivity contribution in [1.29, 1.82) is 0 Å². The Morgan fingerprint density at radius 1 is 1.35 bits per heavy atom. The zero-order valence-corrected chi connectivity index (χ0v) is 15.6. The number of thiazole rings is 1. The number of rotatable bonds is 4. The minimum Gasteiger partial charge on any atom is -0.441 e. The number of hydrogen-bond donors (Lipinski definition) is 1. The highest BCUT2D eigenvalue weighted by Crippen LogP contribution is 2.43. The number of ether oxygens (including phenoxy) is 1. The van der Waals surface area contributed by atoms with E-state index in [-0.39, 0.29) is 11.9 Å². The number of amides is 1. The molecule has 0 saturated heterocycles. The highest BCUT2D eigenvalue weighted by atomic mass is 32.1. The molecule has 1 aromatic carbocycles. The largest absolute Gasteiger partial charge is 0.441 e. The van der Waals surface area contributed by atoms with Gasteiger partial charge < -0.3 is 10.1 Å². The highest BCUT2D eigenvalue weighted by molar-refractivity contribution is 7.13. The minimum absolute atomic E-state index is 0.0511. The van der Waals surface area contributed by atoms with Crippen LogP contribution in [0.4, 0.5) is 9.18 Å². The van der Waals surface area contributed by atoms with Crippen LogP contribution in [-0.4, -0.2) is 17.2 Å². The first-order valence-corrected chi connectivity index (χ1v) is 9.70. The number of carbonyl (C=O) groups is 1. The van der Waals surface area contributed by atoms with E-state index < -0.39 is 11.6 Å². The zero-order chi connectivity index (χ0) is 18.3. The molecular formula is C20H21FN2O2S. The summed E-state index contributed by atoms with van der Waals surface area (Å²) in [6.07, 6.45) is 4.99. The number of alkyl carbamates (subject to hydrolysis) is 1. The van der Waals surface area contributed by atoms with E-state index in [1.165, 1.54) is 29.0 Å². The van der Waals surface area contributed by atoms with Crippen LogP contribution >= 0.6 is 11.3 Å². The van der Waals surface area contributed by atoms with Crippen LogP contribution in [0.1, 0.15) is 38.8 Å². The van der Waals surface area contributed by atoms with Crippen LogP contribution in [0.15, 0.2) is 41.3 Å². The fourth-order valence-corrected chi connectivity index (χ4v) is 4.52. The molecule has 2 aromatic rings. The number of nitrogens with zero attached hydrogens (tertiary/aromatic N) is 1. The smallest absolute Gasteiger partial charge is 0.408 e. The maximum Gasteiger partial charge on any atom is 0.408 e. The molecule has 2 aliphatic rings. The third-order valence-corrected chi connectivity index (χ3v) is 6.01. The number of carbonyl (C=O) groups excluding carboxylic acids is 1. The van der Waals surface area contributed by atoms with E-state index in [1.54, 1.807) is 12.1 Å². The second kappa shape index (κ2) is 6.50. The molecule has 4 rings (SSSR count). The molecule has 2 bridgehead atoms. The van der Waals surface area contributed by atoms with Gasteiger partial charge in [0.2, 0.25) is 0 Å². The van der Waals surface area contributed by atoms with Crippen molar-refractivity contribution >= 4 is 17.4 Å². The Morgan fingerprint density at radius 2 is 2.12 bits per heavy atom. The molecule has 1 N–H and O–H groups in total. The molecule has 26 heavy (non-hydrogen) atoms. The lowest BCUT2D eigenvalue weighted by atomic mass is 9.70. The van der Waals surface area contributed by atoms with Gasteiger partial charge in [0.25, 0.3) is 0 Å². The van der Waals surface area contributed by atoms with Gasteiger partial charge in [0.1, 0.15) is 16.9 Å². The SMILES string of the molecule is CC(C)(NC(=O)OC1C2=CCCC1C2)c1csc(-c2ccc(F)cc2)n1. The maximum atomic E-state index is 13.1. The zero-order valence-electron chi connectivity index (χ0n) is 14.8. The van der Waals surface area contributed by atoms with Gasteiger partial charge in [-0.25, -0.2) is 14.2 Å². The van der Waals surface area contributed by atoms with E-state index in [1.807, 2.05) is 19.2 Å². The van der Waals surface area contributed by atoms with E-state index in [9.17, 15) is 9.18 Å². The quantitative estimate of drug-likeness (QED) is 0.767. The summed E-state index contributed by atoms with van der Waals surface area (Å²) in [6, 6.07) is 6.24. The summed E-state index contributed by atoms with van der Waals surface area (Å²) in [7, 11) is 0. The number of halogens is 1. The van der Waals surface area contributed by atoms with Crippen molar-refractivity contribution in [3.05, 3.63) is 52.8 Å². The van der Waals surface area contributed by atoms with E-state index >= 15 is 0 Å². The second-order valence-electron chi connectivity index (χ2n) is 7.44. The molecule has 0 spiro atoms. The third kappa shape index (κ3) is 3.26. The summed E-state index contributed by atoms with van der Waals surface area (Å²) in [4.78, 5) is 17.0. The summed E-state index contributed by atoms with van der Waals surface area (Å²) in [5.74, 6) is 0.208. The van der Waals surface area contributed by atoms with E-state index in [0.717, 1.165) is 35.5 Å². The number of fused-ring (bicyclic) bond motifs is 2. The summed E-state index contributed by atoms with van der Waals surface area (Å²) in [5, 5.41) is 5.64. The lowest BCUT2D eigenvalue weighted by Gasteiger charge is -2.42. The lowest BCUT2D eigenvalue weighted by Crippen LogP contribution is -2.47. The van der Waals surface area contributed by atoms with Crippen molar-refractivity contribution in [2.24, 2.45) is 5.92 Å². The summed E-state index contributed by atoms with van der Waals surface area (Å²) >= 11 is 1.47. The van der Waals surface area contributed by atoms with Gasteiger partial charge >= 0.3 is 6.09 Å². The molecule has 1 aromatic heterocycles. The fourth-order valence-electron chi connectivity index (χ4n) is 3.53. The number of hydrogen-bond acceptors (Lipinski definition) is 4. The van der Waals surface area contributed by atoms with Crippen molar-refractivity contribution in [3.63, 3.8) is 0 Å². The predicted octanol–water partition coefficient (Wildman–Crippen LogP) is 5.02. The Hall–Kier alpha value is -2.21. The van der Waals surface area contributed by atoms with Gasteiger partial charge in [0.05, 0.1) is 11.2 Å². The molecule has 0 aliphatic heterocycles. The molecule has 2 atom stereocenters. The molecular weight excluding hydrogens is 351 g/mol. The van der Waals surface area contributed by atoms with Gasteiger partial charge in [-0.05, 0) is 62.9 Å². The number of aromatic nitrogens is 1. The normalized spacial score (nSPS) is 21.6. The number of allylic oxidation sites excluding steroid dienone is 1. The predicted molar refractivity (Wildman–Crippen MR) is 99.4 cm³/mol. The van der Waals surface area contributed by atoms with Crippen molar-refractivity contribution in [2.75, 3.05) is 0 Å². The van der Waals surface area contributed by atoms with Crippen LogP contribution < -0.4 is 5.32 Å². The molecule has 2 aliphatic carbocycles. The van der Waals surface area contributed by atoms with Crippen molar-refractivity contribution < 1.29 is 13.9 Å². The Labute approximate surface area is 156 Å². The molecule has 0 radical (unpaired) electrons. The van der Waals surface area contributed by atoms with E-state index in [4.69, 9.17) is 4.74 Å². The molecule has 1 heterocycles. The number of nitrogens with one attached hydrogen (secondary N) is 1. The highest BCUT2D eigenvalue weighted by Gasteiger charge is 2.41. The van der Waals surface area contributed by atoms with Crippen LogP contribution in [0.2, 0.25) is 0 Å². The summed E-state index contributed by atoms with van der Waals surface area (Å²) in [6.45, 7) is 3.80. The average molecular weight is 372 g/mol. The third-order valence-electron chi connectivity index (χ3n) is 5.12. The second-order valence-corrected chi connectivity index (χ2v) is 8.30. The maximum absolute atomic E-state index is 13.1. The monoisotopic (exact) mass is 372 g/mol. The Balaban J connectivity index is 1.43. The van der Waals surface area contributed by atoms with Crippen molar-refractivity contribution in [1.82, 2.24) is 10.3 Å². The standard InChI is InChI=1S/C20H21FN2O2S/c1-20(2,23-19(24)25-17-13-4-3-5-14(17)10-13)16-11-26-18(22-16)12-6-8-15(21)9-7-12/h4,6-9,11,14,17H,3,5,10H2,1-2H3,(H,23,24). The molecule has 1 fully saturated rings. The van der Waals surface area contributed by atoms with Crippen molar-refractivity contribution in [3.8, 4) is 10.6 Å².